The predicted octanol–water partition coefficient (Wildman–Crippen LogP) is 1.03. The third-order valence-electron chi connectivity index (χ3n) is 7.09. The molecule has 5 rings (SSSR count). The molecular formula is C24H29N9O3. The van der Waals surface area contributed by atoms with E-state index in [9.17, 15) is 20.0 Å². The summed E-state index contributed by atoms with van der Waals surface area (Å²) in [6.07, 6.45) is 8.08. The first kappa shape index (κ1) is 23.7. The largest absolute Gasteiger partial charge is 0.391 e. The van der Waals surface area contributed by atoms with Gasteiger partial charge < -0.3 is 21.1 Å². The van der Waals surface area contributed by atoms with Crippen molar-refractivity contribution in [2.24, 2.45) is 17.1 Å². The van der Waals surface area contributed by atoms with Gasteiger partial charge in [0, 0.05) is 30.9 Å². The Balaban J connectivity index is 1.47. The molecule has 12 nitrogen and oxygen atoms in total. The Morgan fingerprint density at radius 1 is 1.31 bits per heavy atom. The van der Waals surface area contributed by atoms with Gasteiger partial charge in [0.1, 0.15) is 5.41 Å². The highest BCUT2D eigenvalue weighted by molar-refractivity contribution is 6.01. The molecule has 0 radical (unpaired) electrons. The molecular weight excluding hydrogens is 462 g/mol. The number of aliphatic hydroxyl groups is 1. The van der Waals surface area contributed by atoms with Crippen LogP contribution in [0.2, 0.25) is 0 Å². The molecule has 188 valence electrons. The Morgan fingerprint density at radius 3 is 2.72 bits per heavy atom. The number of carbonyl (C=O) groups is 2. The van der Waals surface area contributed by atoms with E-state index in [4.69, 9.17) is 10.7 Å². The van der Waals surface area contributed by atoms with Gasteiger partial charge in [0.05, 0.1) is 54.3 Å². The number of likely N-dealkylation sites (tertiary alicyclic amines) is 1. The summed E-state index contributed by atoms with van der Waals surface area (Å²) in [6, 6.07) is 2.04. The number of anilines is 1. The molecule has 3 aromatic heterocycles. The van der Waals surface area contributed by atoms with Crippen LogP contribution in [-0.4, -0.2) is 71.4 Å². The van der Waals surface area contributed by atoms with Crippen LogP contribution in [-0.2, 0) is 11.3 Å². The lowest BCUT2D eigenvalue weighted by atomic mass is 10.0. The summed E-state index contributed by atoms with van der Waals surface area (Å²) < 4.78 is 3.21. The molecule has 3 aromatic rings. The number of hydrogen-bond acceptors (Lipinski definition) is 8. The number of nitrogens with two attached hydrogens (primary N) is 1. The number of imidazole rings is 1. The summed E-state index contributed by atoms with van der Waals surface area (Å²) in [6.45, 7) is 5.07. The van der Waals surface area contributed by atoms with Crippen molar-refractivity contribution in [3.05, 3.63) is 30.4 Å². The van der Waals surface area contributed by atoms with Gasteiger partial charge in [-0.3, -0.25) is 14.3 Å². The minimum atomic E-state index is -0.869. The maximum atomic E-state index is 13.0. The van der Waals surface area contributed by atoms with Gasteiger partial charge in [0.2, 0.25) is 5.91 Å². The van der Waals surface area contributed by atoms with Crippen molar-refractivity contribution < 1.29 is 14.7 Å². The topological polar surface area (TPSA) is 167 Å². The normalized spacial score (nSPS) is 21.3. The van der Waals surface area contributed by atoms with Crippen molar-refractivity contribution in [3.8, 4) is 17.3 Å². The lowest BCUT2D eigenvalue weighted by molar-refractivity contribution is -0.134. The summed E-state index contributed by atoms with van der Waals surface area (Å²) in [7, 11) is 0. The highest BCUT2D eigenvalue weighted by Crippen LogP contribution is 2.47. The van der Waals surface area contributed by atoms with Gasteiger partial charge in [0.25, 0.3) is 5.91 Å². The maximum Gasteiger partial charge on any atom is 0.252 e. The molecule has 12 heteroatoms. The number of nitriles is 1. The molecule has 36 heavy (non-hydrogen) atoms. The summed E-state index contributed by atoms with van der Waals surface area (Å²) in [5, 5.41) is 31.1. The Kier molecular flexibility index (Phi) is 5.88. The lowest BCUT2D eigenvalue weighted by Gasteiger charge is -2.21. The Hall–Kier alpha value is -3.98. The number of primary amides is 1. The van der Waals surface area contributed by atoms with Crippen molar-refractivity contribution in [2.75, 3.05) is 18.4 Å². The van der Waals surface area contributed by atoms with Crippen molar-refractivity contribution in [2.45, 2.75) is 51.8 Å². The minimum Gasteiger partial charge on any atom is -0.391 e. The number of aliphatic hydroxyl groups excluding tert-OH is 1. The number of fused-ring (bicyclic) bond motifs is 1. The second kappa shape index (κ2) is 8.91. The molecule has 1 unspecified atom stereocenters. The quantitative estimate of drug-likeness (QED) is 0.420. The first-order chi connectivity index (χ1) is 17.2. The van der Waals surface area contributed by atoms with Crippen molar-refractivity contribution in [3.63, 3.8) is 0 Å². The molecule has 1 aliphatic carbocycles. The van der Waals surface area contributed by atoms with Crippen LogP contribution in [0.4, 0.5) is 5.69 Å². The fourth-order valence-electron chi connectivity index (χ4n) is 4.87. The average molecular weight is 492 g/mol. The first-order valence-electron chi connectivity index (χ1n) is 12.1. The van der Waals surface area contributed by atoms with E-state index in [-0.39, 0.29) is 23.4 Å². The van der Waals surface area contributed by atoms with Gasteiger partial charge in [-0.25, -0.2) is 9.50 Å². The van der Waals surface area contributed by atoms with Crippen LogP contribution in [0.1, 0.15) is 43.5 Å². The van der Waals surface area contributed by atoms with E-state index >= 15 is 0 Å². The molecule has 3 atom stereocenters. The highest BCUT2D eigenvalue weighted by Gasteiger charge is 2.54. The van der Waals surface area contributed by atoms with Crippen LogP contribution in [0, 0.1) is 22.7 Å². The van der Waals surface area contributed by atoms with E-state index < -0.39 is 17.4 Å². The van der Waals surface area contributed by atoms with Gasteiger partial charge in [-0.2, -0.15) is 15.5 Å². The fourth-order valence-corrected chi connectivity index (χ4v) is 4.87. The van der Waals surface area contributed by atoms with Gasteiger partial charge in [0.15, 0.2) is 5.65 Å². The van der Waals surface area contributed by atoms with Crippen LogP contribution < -0.4 is 11.1 Å². The molecule has 0 aromatic carbocycles. The zero-order valence-corrected chi connectivity index (χ0v) is 20.3. The summed E-state index contributed by atoms with van der Waals surface area (Å²) in [4.78, 5) is 31.8. The summed E-state index contributed by atoms with van der Waals surface area (Å²) in [5.74, 6) is -0.618. The van der Waals surface area contributed by atoms with Crippen LogP contribution in [0.25, 0.3) is 16.9 Å². The van der Waals surface area contributed by atoms with E-state index in [1.54, 1.807) is 39.6 Å². The highest BCUT2D eigenvalue weighted by atomic mass is 16.3. The first-order valence-corrected chi connectivity index (χ1v) is 12.1. The van der Waals surface area contributed by atoms with Crippen LogP contribution >= 0.6 is 0 Å². The Labute approximate surface area is 207 Å². The number of carbonyl (C=O) groups excluding carboxylic acids is 2. The van der Waals surface area contributed by atoms with E-state index in [1.165, 1.54) is 6.20 Å². The van der Waals surface area contributed by atoms with E-state index in [0.29, 0.717) is 49.5 Å². The zero-order chi connectivity index (χ0) is 25.6. The van der Waals surface area contributed by atoms with Crippen LogP contribution in [0.15, 0.2) is 24.8 Å². The van der Waals surface area contributed by atoms with Gasteiger partial charge in [-0.05, 0) is 32.1 Å². The second-order valence-electron chi connectivity index (χ2n) is 9.82. The van der Waals surface area contributed by atoms with Crippen LogP contribution in [0.5, 0.6) is 0 Å². The number of hydrogen-bond donors (Lipinski definition) is 3. The van der Waals surface area contributed by atoms with E-state index in [2.05, 4.69) is 28.5 Å². The monoisotopic (exact) mass is 491 g/mol. The molecule has 2 aliphatic rings. The Bertz CT molecular complexity index is 1360. The third kappa shape index (κ3) is 4.15. The molecule has 1 saturated heterocycles. The second-order valence-corrected chi connectivity index (χ2v) is 9.82. The Morgan fingerprint density at radius 2 is 2.08 bits per heavy atom. The predicted molar refractivity (Wildman–Crippen MR) is 129 cm³/mol. The zero-order valence-electron chi connectivity index (χ0n) is 20.3. The molecule has 2 amide bonds. The van der Waals surface area contributed by atoms with Gasteiger partial charge in [-0.15, -0.1) is 0 Å². The minimum absolute atomic E-state index is 0.111. The fraction of sp³-hybridized carbons (Fsp3) is 0.500. The SMILES string of the molecule is CC[C@H]1CN(C(=O)C2(C#N)CC2)C[C@H]1Nc1c(C(N)=O)cnn2cc(-c3cnn(CC(C)O)c3)nc12. The number of nitrogens with zero attached hydrogens (tertiary/aromatic N) is 7. The average Bonchev–Trinajstić information content (AvgIpc) is 3.15. The maximum absolute atomic E-state index is 13.0. The molecule has 4 N–H and O–H groups in total. The van der Waals surface area contributed by atoms with E-state index in [0.717, 1.165) is 12.0 Å². The number of amides is 2. The number of nitrogens with one attached hydrogen (secondary N) is 1. The molecule has 0 spiro atoms. The van der Waals surface area contributed by atoms with E-state index in [1.807, 2.05) is 0 Å². The van der Waals surface area contributed by atoms with Crippen molar-refractivity contribution >= 4 is 23.1 Å². The van der Waals surface area contributed by atoms with Crippen molar-refractivity contribution in [1.82, 2.24) is 29.3 Å². The van der Waals surface area contributed by atoms with Crippen LogP contribution in [0.3, 0.4) is 0 Å². The lowest BCUT2D eigenvalue weighted by Crippen LogP contribution is -2.36. The molecule has 4 heterocycles. The molecule has 1 saturated carbocycles. The standard InChI is InChI=1S/C24H29N9O3/c1-3-15-9-31(23(36)24(13-25)4-5-24)11-18(15)29-20-17(21(26)35)7-28-33-12-19(30-22(20)33)16-6-27-32(10-16)8-14(2)34/h6-7,10,12,14-15,18,29,34H,3-5,8-9,11H2,1-2H3,(H2,26,35)/t14?,15-,18+/m0/s1. The smallest absolute Gasteiger partial charge is 0.252 e. The van der Waals surface area contributed by atoms with Gasteiger partial charge in [-0.1, -0.05) is 6.92 Å². The molecule has 1 aliphatic heterocycles. The number of rotatable bonds is 8. The van der Waals surface area contributed by atoms with Crippen molar-refractivity contribution in [1.29, 1.82) is 5.26 Å². The molecule has 0 bridgehead atoms. The summed E-state index contributed by atoms with van der Waals surface area (Å²) in [5.41, 5.74) is 7.25. The molecule has 2 fully saturated rings. The summed E-state index contributed by atoms with van der Waals surface area (Å²) >= 11 is 0. The number of aromatic nitrogens is 5. The third-order valence-corrected chi connectivity index (χ3v) is 7.09. The van der Waals surface area contributed by atoms with Gasteiger partial charge >= 0.3 is 0 Å².